The Morgan fingerprint density at radius 2 is 1.50 bits per heavy atom. The van der Waals surface area contributed by atoms with E-state index in [0.29, 0.717) is 11.3 Å². The molecule has 0 spiro atoms. The van der Waals surface area contributed by atoms with Crippen molar-refractivity contribution in [2.75, 3.05) is 5.32 Å². The third kappa shape index (κ3) is 4.52. The number of carbonyl (C=O) groups excluding carboxylic acids is 1. The van der Waals surface area contributed by atoms with Gasteiger partial charge in [0.1, 0.15) is 11.3 Å². The van der Waals surface area contributed by atoms with Crippen LogP contribution in [0, 0.1) is 0 Å². The van der Waals surface area contributed by atoms with Gasteiger partial charge in [0.25, 0.3) is 5.91 Å². The third-order valence-electron chi connectivity index (χ3n) is 3.97. The Labute approximate surface area is 166 Å². The molecule has 4 N–H and O–H groups in total. The van der Waals surface area contributed by atoms with E-state index >= 15 is 0 Å². The maximum Gasteiger partial charge on any atom is 0.339 e. The number of anilines is 1. The van der Waals surface area contributed by atoms with E-state index in [1.54, 1.807) is 12.1 Å². The molecule has 0 fully saturated rings. The van der Waals surface area contributed by atoms with Gasteiger partial charge < -0.3 is 15.5 Å². The van der Waals surface area contributed by atoms with Gasteiger partial charge in [0.05, 0.1) is 0 Å². The average molecular weight is 392 g/mol. The van der Waals surface area contributed by atoms with Gasteiger partial charge in [0.2, 0.25) is 0 Å². The van der Waals surface area contributed by atoms with Crippen molar-refractivity contribution >= 4 is 34.9 Å². The molecule has 0 radical (unpaired) electrons. The Morgan fingerprint density at radius 3 is 2.11 bits per heavy atom. The fraction of sp³-hybridized carbons (Fsp3) is 0. The first-order chi connectivity index (χ1) is 13.4. The van der Waals surface area contributed by atoms with Gasteiger partial charge in [0.15, 0.2) is 5.11 Å². The number of thiocarbonyl (C=S) groups is 1. The average Bonchev–Trinajstić information content (AvgIpc) is 2.68. The Kier molecular flexibility index (Phi) is 5.67. The second kappa shape index (κ2) is 8.32. The van der Waals surface area contributed by atoms with Crippen molar-refractivity contribution in [3.63, 3.8) is 0 Å². The summed E-state index contributed by atoms with van der Waals surface area (Å²) in [7, 11) is 0. The van der Waals surface area contributed by atoms with Gasteiger partial charge >= 0.3 is 5.97 Å². The fourth-order valence-electron chi connectivity index (χ4n) is 2.57. The monoisotopic (exact) mass is 392 g/mol. The number of phenols is 1. The van der Waals surface area contributed by atoms with Gasteiger partial charge in [-0.3, -0.25) is 10.1 Å². The summed E-state index contributed by atoms with van der Waals surface area (Å²) in [6.45, 7) is 0. The highest BCUT2D eigenvalue weighted by molar-refractivity contribution is 7.80. The van der Waals surface area contributed by atoms with Crippen LogP contribution in [0.3, 0.4) is 0 Å². The molecular formula is C21H16N2O4S. The largest absolute Gasteiger partial charge is 0.507 e. The molecule has 6 nitrogen and oxygen atoms in total. The van der Waals surface area contributed by atoms with E-state index in [9.17, 15) is 14.7 Å². The highest BCUT2D eigenvalue weighted by atomic mass is 32.1. The number of carboxylic acid groups (broad SMARTS) is 1. The summed E-state index contributed by atoms with van der Waals surface area (Å²) >= 11 is 5.10. The number of rotatable bonds is 4. The first kappa shape index (κ1) is 19.1. The molecule has 0 bridgehead atoms. The van der Waals surface area contributed by atoms with Crippen LogP contribution in [0.25, 0.3) is 11.1 Å². The van der Waals surface area contributed by atoms with Crippen LogP contribution in [0.1, 0.15) is 20.7 Å². The quantitative estimate of drug-likeness (QED) is 0.503. The molecule has 0 saturated carbocycles. The summed E-state index contributed by atoms with van der Waals surface area (Å²) in [6.07, 6.45) is 0. The predicted octanol–water partition coefficient (Wildman–Crippen LogP) is 3.88. The van der Waals surface area contributed by atoms with E-state index in [1.807, 2.05) is 42.5 Å². The Morgan fingerprint density at radius 1 is 0.857 bits per heavy atom. The summed E-state index contributed by atoms with van der Waals surface area (Å²) in [6, 6.07) is 20.8. The van der Waals surface area contributed by atoms with Crippen LogP contribution >= 0.6 is 12.2 Å². The fourth-order valence-corrected chi connectivity index (χ4v) is 2.78. The minimum absolute atomic E-state index is 0.0274. The van der Waals surface area contributed by atoms with Gasteiger partial charge in [-0.05, 0) is 47.6 Å². The van der Waals surface area contributed by atoms with Crippen LogP contribution in [0.5, 0.6) is 5.75 Å². The lowest BCUT2D eigenvalue weighted by Crippen LogP contribution is -2.34. The molecular weight excluding hydrogens is 376 g/mol. The number of aromatic carboxylic acids is 1. The van der Waals surface area contributed by atoms with E-state index in [2.05, 4.69) is 10.6 Å². The normalized spacial score (nSPS) is 10.1. The standard InChI is InChI=1S/C21H16N2O4S/c24-18-12-16(10-11-17(18)20(26)27)22-21(28)23-19(25)15-8-6-14(7-9-15)13-4-2-1-3-5-13/h1-12,24H,(H,26,27)(H2,22,23,25,28). The van der Waals surface area contributed by atoms with E-state index in [0.717, 1.165) is 11.1 Å². The number of carbonyl (C=O) groups is 2. The summed E-state index contributed by atoms with van der Waals surface area (Å²) < 4.78 is 0. The van der Waals surface area contributed by atoms with Gasteiger partial charge in [-0.25, -0.2) is 4.79 Å². The highest BCUT2D eigenvalue weighted by Crippen LogP contribution is 2.22. The van der Waals surface area contributed by atoms with E-state index in [1.165, 1.54) is 18.2 Å². The number of hydrogen-bond donors (Lipinski definition) is 4. The van der Waals surface area contributed by atoms with Crippen LogP contribution < -0.4 is 10.6 Å². The van der Waals surface area contributed by atoms with E-state index in [4.69, 9.17) is 17.3 Å². The summed E-state index contributed by atoms with van der Waals surface area (Å²) in [4.78, 5) is 23.2. The molecule has 7 heteroatoms. The van der Waals surface area contributed by atoms with Crippen molar-refractivity contribution in [3.05, 3.63) is 83.9 Å². The summed E-state index contributed by atoms with van der Waals surface area (Å²) in [5.74, 6) is -2.02. The lowest BCUT2D eigenvalue weighted by Gasteiger charge is -2.11. The maximum atomic E-state index is 12.3. The Hall–Kier alpha value is -3.71. The van der Waals surface area contributed by atoms with Crippen molar-refractivity contribution in [2.24, 2.45) is 0 Å². The van der Waals surface area contributed by atoms with Crippen molar-refractivity contribution in [2.45, 2.75) is 0 Å². The lowest BCUT2D eigenvalue weighted by atomic mass is 10.0. The zero-order valence-electron chi connectivity index (χ0n) is 14.5. The van der Waals surface area contributed by atoms with Crippen molar-refractivity contribution in [1.82, 2.24) is 5.32 Å². The molecule has 1 amide bonds. The molecule has 0 unspecified atom stereocenters. The second-order valence-corrected chi connectivity index (χ2v) is 6.30. The molecule has 0 heterocycles. The zero-order chi connectivity index (χ0) is 20.1. The molecule has 0 aliphatic heterocycles. The van der Waals surface area contributed by atoms with Crippen molar-refractivity contribution < 1.29 is 19.8 Å². The van der Waals surface area contributed by atoms with Crippen molar-refractivity contribution in [1.29, 1.82) is 0 Å². The molecule has 0 aliphatic carbocycles. The second-order valence-electron chi connectivity index (χ2n) is 5.89. The molecule has 0 aliphatic rings. The summed E-state index contributed by atoms with van der Waals surface area (Å²) in [5.41, 5.74) is 2.61. The maximum absolute atomic E-state index is 12.3. The molecule has 3 aromatic carbocycles. The lowest BCUT2D eigenvalue weighted by molar-refractivity contribution is 0.0693. The minimum atomic E-state index is -1.24. The van der Waals surface area contributed by atoms with E-state index in [-0.39, 0.29) is 16.6 Å². The zero-order valence-corrected chi connectivity index (χ0v) is 15.4. The summed E-state index contributed by atoms with van der Waals surface area (Å²) in [5, 5.41) is 23.9. The van der Waals surface area contributed by atoms with Crippen LogP contribution in [0.4, 0.5) is 5.69 Å². The van der Waals surface area contributed by atoms with Crippen LogP contribution in [0.2, 0.25) is 0 Å². The smallest absolute Gasteiger partial charge is 0.339 e. The van der Waals surface area contributed by atoms with Gasteiger partial charge in [-0.1, -0.05) is 42.5 Å². The third-order valence-corrected chi connectivity index (χ3v) is 4.17. The number of aromatic hydroxyl groups is 1. The molecule has 28 heavy (non-hydrogen) atoms. The number of carboxylic acids is 1. The molecule has 140 valence electrons. The topological polar surface area (TPSA) is 98.7 Å². The van der Waals surface area contributed by atoms with Crippen LogP contribution in [0.15, 0.2) is 72.8 Å². The highest BCUT2D eigenvalue weighted by Gasteiger charge is 2.12. The first-order valence-electron chi connectivity index (χ1n) is 8.28. The Balaban J connectivity index is 1.63. The molecule has 0 aromatic heterocycles. The van der Waals surface area contributed by atoms with Crippen LogP contribution in [-0.2, 0) is 0 Å². The van der Waals surface area contributed by atoms with Gasteiger partial charge in [0, 0.05) is 17.3 Å². The van der Waals surface area contributed by atoms with Gasteiger partial charge in [-0.2, -0.15) is 0 Å². The van der Waals surface area contributed by atoms with E-state index < -0.39 is 11.7 Å². The molecule has 3 rings (SSSR count). The van der Waals surface area contributed by atoms with Crippen molar-refractivity contribution in [3.8, 4) is 16.9 Å². The van der Waals surface area contributed by atoms with Gasteiger partial charge in [-0.15, -0.1) is 0 Å². The number of amides is 1. The molecule has 0 saturated heterocycles. The SMILES string of the molecule is O=C(NC(=S)Nc1ccc(C(=O)O)c(O)c1)c1ccc(-c2ccccc2)cc1. The Bertz CT molecular complexity index is 1030. The molecule has 3 aromatic rings. The number of benzene rings is 3. The predicted molar refractivity (Wildman–Crippen MR) is 111 cm³/mol. The first-order valence-corrected chi connectivity index (χ1v) is 8.69. The van der Waals surface area contributed by atoms with Crippen LogP contribution in [-0.4, -0.2) is 27.2 Å². The molecule has 0 atom stereocenters. The minimum Gasteiger partial charge on any atom is -0.507 e. The number of nitrogens with one attached hydrogen (secondary N) is 2. The number of hydrogen-bond acceptors (Lipinski definition) is 4.